The first-order valence-electron chi connectivity index (χ1n) is 9.38. The van der Waals surface area contributed by atoms with Gasteiger partial charge in [-0.15, -0.1) is 10.2 Å². The summed E-state index contributed by atoms with van der Waals surface area (Å²) >= 11 is 1.56. The summed E-state index contributed by atoms with van der Waals surface area (Å²) in [5, 5.41) is 13.6. The van der Waals surface area contributed by atoms with Crippen LogP contribution in [0.3, 0.4) is 0 Å². The minimum absolute atomic E-state index is 0.00479. The van der Waals surface area contributed by atoms with Crippen LogP contribution in [0.4, 0.5) is 5.13 Å². The molecule has 0 unspecified atom stereocenters. The zero-order chi connectivity index (χ0) is 17.1. The van der Waals surface area contributed by atoms with Crippen LogP contribution in [0.5, 0.6) is 0 Å². The third-order valence-electron chi connectivity index (χ3n) is 5.16. The largest absolute Gasteiger partial charge is 0.348 e. The third kappa shape index (κ3) is 3.71. The molecule has 1 aliphatic heterocycles. The van der Waals surface area contributed by atoms with E-state index in [1.165, 1.54) is 38.5 Å². The number of aromatic nitrogens is 3. The van der Waals surface area contributed by atoms with E-state index in [1.807, 2.05) is 22.9 Å². The summed E-state index contributed by atoms with van der Waals surface area (Å²) in [4.78, 5) is 15.0. The molecule has 25 heavy (non-hydrogen) atoms. The summed E-state index contributed by atoms with van der Waals surface area (Å²) in [6.45, 7) is 2.10. The minimum atomic E-state index is -0.00479. The van der Waals surface area contributed by atoms with Crippen LogP contribution >= 0.6 is 11.3 Å². The first-order chi connectivity index (χ1) is 12.3. The van der Waals surface area contributed by atoms with E-state index in [2.05, 4.69) is 20.4 Å². The Kier molecular flexibility index (Phi) is 5.01. The third-order valence-corrected chi connectivity index (χ3v) is 6.14. The molecule has 2 aliphatic rings. The van der Waals surface area contributed by atoms with E-state index in [4.69, 9.17) is 0 Å². The SMILES string of the molecule is O=C(NC1CCCCCC1)c1cccn1-c1nnc(N2CCCC2)s1. The van der Waals surface area contributed by atoms with Crippen LogP contribution in [0.25, 0.3) is 5.13 Å². The predicted molar refractivity (Wildman–Crippen MR) is 99.6 cm³/mol. The second-order valence-corrected chi connectivity index (χ2v) is 7.92. The van der Waals surface area contributed by atoms with Crippen LogP contribution < -0.4 is 10.2 Å². The van der Waals surface area contributed by atoms with E-state index in [0.717, 1.165) is 36.2 Å². The lowest BCUT2D eigenvalue weighted by molar-refractivity contribution is 0.0926. The maximum Gasteiger partial charge on any atom is 0.268 e. The van der Waals surface area contributed by atoms with Crippen molar-refractivity contribution in [2.24, 2.45) is 0 Å². The monoisotopic (exact) mass is 359 g/mol. The van der Waals surface area contributed by atoms with Gasteiger partial charge >= 0.3 is 0 Å². The smallest absolute Gasteiger partial charge is 0.268 e. The topological polar surface area (TPSA) is 63.1 Å². The summed E-state index contributed by atoms with van der Waals surface area (Å²) in [5.41, 5.74) is 0.647. The molecular formula is C18H25N5OS. The van der Waals surface area contributed by atoms with E-state index in [9.17, 15) is 4.79 Å². The summed E-state index contributed by atoms with van der Waals surface area (Å²) in [5.74, 6) is -0.00479. The van der Waals surface area contributed by atoms with Crippen molar-refractivity contribution in [3.8, 4) is 5.13 Å². The van der Waals surface area contributed by atoms with Crippen molar-refractivity contribution in [2.75, 3.05) is 18.0 Å². The molecule has 0 aromatic carbocycles. The average Bonchev–Trinajstić information content (AvgIpc) is 3.34. The van der Waals surface area contributed by atoms with Gasteiger partial charge in [-0.3, -0.25) is 9.36 Å². The van der Waals surface area contributed by atoms with Gasteiger partial charge in [0, 0.05) is 25.3 Å². The van der Waals surface area contributed by atoms with Gasteiger partial charge < -0.3 is 10.2 Å². The van der Waals surface area contributed by atoms with Crippen molar-refractivity contribution in [1.29, 1.82) is 0 Å². The summed E-state index contributed by atoms with van der Waals surface area (Å²) in [6, 6.07) is 4.06. The second kappa shape index (κ2) is 7.56. The number of nitrogens with one attached hydrogen (secondary N) is 1. The number of carbonyl (C=O) groups excluding carboxylic acids is 1. The number of hydrogen-bond acceptors (Lipinski definition) is 5. The van der Waals surface area contributed by atoms with Crippen molar-refractivity contribution in [3.05, 3.63) is 24.0 Å². The number of nitrogens with zero attached hydrogens (tertiary/aromatic N) is 4. The fraction of sp³-hybridized carbons (Fsp3) is 0.611. The van der Waals surface area contributed by atoms with Crippen molar-refractivity contribution in [1.82, 2.24) is 20.1 Å². The molecular weight excluding hydrogens is 334 g/mol. The Morgan fingerprint density at radius 1 is 1.04 bits per heavy atom. The summed E-state index contributed by atoms with van der Waals surface area (Å²) in [7, 11) is 0. The maximum absolute atomic E-state index is 12.8. The molecule has 7 heteroatoms. The van der Waals surface area contributed by atoms with Gasteiger partial charge in [-0.1, -0.05) is 37.0 Å². The highest BCUT2D eigenvalue weighted by Crippen LogP contribution is 2.27. The van der Waals surface area contributed by atoms with Gasteiger partial charge in [0.05, 0.1) is 0 Å². The molecule has 3 heterocycles. The zero-order valence-electron chi connectivity index (χ0n) is 14.5. The van der Waals surface area contributed by atoms with Gasteiger partial charge in [0.2, 0.25) is 10.3 Å². The Balaban J connectivity index is 1.49. The van der Waals surface area contributed by atoms with Crippen LogP contribution in [0.2, 0.25) is 0 Å². The van der Waals surface area contributed by atoms with Crippen molar-refractivity contribution in [2.45, 2.75) is 57.4 Å². The molecule has 6 nitrogen and oxygen atoms in total. The lowest BCUT2D eigenvalue weighted by Gasteiger charge is -2.16. The maximum atomic E-state index is 12.8. The Bertz CT molecular complexity index is 711. The molecule has 1 saturated carbocycles. The van der Waals surface area contributed by atoms with Gasteiger partial charge in [-0.25, -0.2) is 0 Å². The molecule has 1 saturated heterocycles. The van der Waals surface area contributed by atoms with Crippen molar-refractivity contribution >= 4 is 22.4 Å². The van der Waals surface area contributed by atoms with Crippen molar-refractivity contribution < 1.29 is 4.79 Å². The highest BCUT2D eigenvalue weighted by molar-refractivity contribution is 7.17. The first-order valence-corrected chi connectivity index (χ1v) is 10.2. The number of amides is 1. The molecule has 1 aliphatic carbocycles. The Morgan fingerprint density at radius 2 is 1.76 bits per heavy atom. The molecule has 0 radical (unpaired) electrons. The molecule has 2 aromatic rings. The minimum Gasteiger partial charge on any atom is -0.348 e. The molecule has 4 rings (SSSR count). The zero-order valence-corrected chi connectivity index (χ0v) is 15.3. The molecule has 2 fully saturated rings. The second-order valence-electron chi connectivity index (χ2n) is 6.99. The highest BCUT2D eigenvalue weighted by atomic mass is 32.1. The fourth-order valence-electron chi connectivity index (χ4n) is 3.76. The van der Waals surface area contributed by atoms with E-state index in [0.29, 0.717) is 11.7 Å². The Labute approximate surface area is 152 Å². The van der Waals surface area contributed by atoms with Crippen LogP contribution in [0.15, 0.2) is 18.3 Å². The number of anilines is 1. The van der Waals surface area contributed by atoms with Gasteiger partial charge in [-0.2, -0.15) is 0 Å². The van der Waals surface area contributed by atoms with E-state index in [-0.39, 0.29) is 5.91 Å². The number of hydrogen-bond donors (Lipinski definition) is 1. The fourth-order valence-corrected chi connectivity index (χ4v) is 4.65. The highest BCUT2D eigenvalue weighted by Gasteiger charge is 2.21. The van der Waals surface area contributed by atoms with E-state index >= 15 is 0 Å². The molecule has 0 atom stereocenters. The molecule has 0 bridgehead atoms. The lowest BCUT2D eigenvalue weighted by Crippen LogP contribution is -2.35. The van der Waals surface area contributed by atoms with Crippen LogP contribution in [-0.2, 0) is 0 Å². The molecule has 0 spiro atoms. The van der Waals surface area contributed by atoms with Gasteiger partial charge in [0.1, 0.15) is 5.69 Å². The van der Waals surface area contributed by atoms with Crippen molar-refractivity contribution in [3.63, 3.8) is 0 Å². The Morgan fingerprint density at radius 3 is 2.52 bits per heavy atom. The number of rotatable bonds is 4. The average molecular weight is 359 g/mol. The molecule has 1 N–H and O–H groups in total. The summed E-state index contributed by atoms with van der Waals surface area (Å²) < 4.78 is 1.86. The van der Waals surface area contributed by atoms with E-state index < -0.39 is 0 Å². The standard InChI is InChI=1S/C18H25N5OS/c24-16(19-14-8-3-1-2-4-9-14)15-10-7-13-23(15)18-21-20-17(25-18)22-11-5-6-12-22/h7,10,13-14H,1-6,8-9,11-12H2,(H,19,24). The van der Waals surface area contributed by atoms with Crippen LogP contribution in [0.1, 0.15) is 61.9 Å². The first kappa shape index (κ1) is 16.6. The quantitative estimate of drug-likeness (QED) is 0.850. The molecule has 134 valence electrons. The van der Waals surface area contributed by atoms with Gasteiger partial charge in [0.15, 0.2) is 0 Å². The lowest BCUT2D eigenvalue weighted by atomic mass is 10.1. The van der Waals surface area contributed by atoms with Crippen LogP contribution in [0, 0.1) is 0 Å². The molecule has 1 amide bonds. The van der Waals surface area contributed by atoms with Gasteiger partial charge in [0.25, 0.3) is 5.91 Å². The normalized spacial score (nSPS) is 19.1. The predicted octanol–water partition coefficient (Wildman–Crippen LogP) is 3.38. The molecule has 2 aromatic heterocycles. The van der Waals surface area contributed by atoms with Crippen LogP contribution in [-0.4, -0.2) is 39.8 Å². The van der Waals surface area contributed by atoms with Gasteiger partial charge in [-0.05, 0) is 37.8 Å². The Hall–Kier alpha value is -1.89. The summed E-state index contributed by atoms with van der Waals surface area (Å²) in [6.07, 6.45) is 11.5. The number of carbonyl (C=O) groups is 1. The van der Waals surface area contributed by atoms with E-state index in [1.54, 1.807) is 11.3 Å².